The molecular weight excluding hydrogens is 305 g/mol. The highest BCUT2D eigenvalue weighted by atomic mass is 32.1. The molecule has 0 aliphatic heterocycles. The molecule has 0 unspecified atom stereocenters. The van der Waals surface area contributed by atoms with Crippen molar-refractivity contribution in [2.75, 3.05) is 17.2 Å². The van der Waals surface area contributed by atoms with E-state index in [1.165, 1.54) is 29.7 Å². The van der Waals surface area contributed by atoms with Gasteiger partial charge in [0, 0.05) is 19.7 Å². The number of nitrogens with one attached hydrogen (secondary N) is 2. The summed E-state index contributed by atoms with van der Waals surface area (Å²) in [4.78, 5) is 21.1. The summed E-state index contributed by atoms with van der Waals surface area (Å²) in [5.41, 5.74) is 1.24. The maximum absolute atomic E-state index is 13.2. The van der Waals surface area contributed by atoms with Crippen LogP contribution in [0.3, 0.4) is 0 Å². The smallest absolute Gasteiger partial charge is 0.269 e. The number of hydrogen-bond acceptors (Lipinski definition) is 5. The molecule has 0 radical (unpaired) electrons. The summed E-state index contributed by atoms with van der Waals surface area (Å²) < 4.78 is 14.9. The highest BCUT2D eigenvalue weighted by Crippen LogP contribution is 2.22. The normalized spacial score (nSPS) is 10.9. The molecule has 2 aromatic heterocycles. The summed E-state index contributed by atoms with van der Waals surface area (Å²) in [6, 6.07) is 4.33. The Hall–Kier alpha value is -2.48. The molecule has 3 rings (SSSR count). The molecule has 0 aliphatic carbocycles. The van der Waals surface area contributed by atoms with Crippen LogP contribution in [0.1, 0.15) is 16.6 Å². The van der Waals surface area contributed by atoms with Gasteiger partial charge in [-0.1, -0.05) is 11.3 Å². The van der Waals surface area contributed by atoms with Crippen LogP contribution >= 0.6 is 11.3 Å². The Morgan fingerprint density at radius 2 is 2.27 bits per heavy atom. The Kier molecular flexibility index (Phi) is 3.76. The molecule has 22 heavy (non-hydrogen) atoms. The first kappa shape index (κ1) is 14.5. The third-order valence-corrected chi connectivity index (χ3v) is 4.08. The summed E-state index contributed by atoms with van der Waals surface area (Å²) in [5, 5.41) is 6.47. The second kappa shape index (κ2) is 5.72. The van der Waals surface area contributed by atoms with Gasteiger partial charge in [-0.15, -0.1) is 0 Å². The zero-order chi connectivity index (χ0) is 15.7. The Balaban J connectivity index is 1.85. The molecule has 1 amide bonds. The van der Waals surface area contributed by atoms with Crippen LogP contribution in [0.15, 0.2) is 24.4 Å². The lowest BCUT2D eigenvalue weighted by Crippen LogP contribution is -2.13. The molecule has 114 valence electrons. The fourth-order valence-electron chi connectivity index (χ4n) is 2.06. The van der Waals surface area contributed by atoms with Gasteiger partial charge in [0.1, 0.15) is 10.7 Å². The van der Waals surface area contributed by atoms with Crippen LogP contribution in [-0.2, 0) is 7.05 Å². The number of fused-ring (bicyclic) bond motifs is 1. The van der Waals surface area contributed by atoms with Gasteiger partial charge < -0.3 is 9.88 Å². The van der Waals surface area contributed by atoms with Crippen LogP contribution in [0.25, 0.3) is 11.0 Å². The topological polar surface area (TPSA) is 71.8 Å². The zero-order valence-corrected chi connectivity index (χ0v) is 12.9. The first-order chi connectivity index (χ1) is 10.6. The monoisotopic (exact) mass is 319 g/mol. The number of imidazole rings is 1. The minimum atomic E-state index is -0.360. The molecule has 0 aliphatic rings. The van der Waals surface area contributed by atoms with E-state index in [0.29, 0.717) is 21.5 Å². The van der Waals surface area contributed by atoms with Crippen molar-refractivity contribution in [3.63, 3.8) is 0 Å². The van der Waals surface area contributed by atoms with E-state index in [4.69, 9.17) is 0 Å². The van der Waals surface area contributed by atoms with Gasteiger partial charge in [-0.3, -0.25) is 10.1 Å². The van der Waals surface area contributed by atoms with Gasteiger partial charge >= 0.3 is 0 Å². The van der Waals surface area contributed by atoms with Crippen LogP contribution in [0, 0.1) is 5.82 Å². The quantitative estimate of drug-likeness (QED) is 0.775. The molecule has 8 heteroatoms. The molecule has 2 heterocycles. The van der Waals surface area contributed by atoms with Gasteiger partial charge in [-0.25, -0.2) is 14.4 Å². The number of anilines is 2. The fourth-order valence-corrected chi connectivity index (χ4v) is 2.84. The number of rotatable bonds is 4. The van der Waals surface area contributed by atoms with Crippen LogP contribution in [0.4, 0.5) is 15.5 Å². The fraction of sp³-hybridized carbons (Fsp3) is 0.214. The molecule has 0 bridgehead atoms. The predicted molar refractivity (Wildman–Crippen MR) is 84.9 cm³/mol. The Labute approximate surface area is 130 Å². The molecule has 0 saturated carbocycles. The van der Waals surface area contributed by atoms with Crippen LogP contribution in [-0.4, -0.2) is 27.0 Å². The second-order valence-corrected chi connectivity index (χ2v) is 5.67. The van der Waals surface area contributed by atoms with E-state index in [1.807, 2.05) is 6.92 Å². The second-order valence-electron chi connectivity index (χ2n) is 4.64. The number of aromatic nitrogens is 3. The molecule has 0 spiro atoms. The zero-order valence-electron chi connectivity index (χ0n) is 12.1. The van der Waals surface area contributed by atoms with Crippen molar-refractivity contribution >= 4 is 39.4 Å². The van der Waals surface area contributed by atoms with E-state index in [-0.39, 0.29) is 11.7 Å². The third kappa shape index (κ3) is 2.64. The number of amides is 1. The summed E-state index contributed by atoms with van der Waals surface area (Å²) >= 11 is 1.27. The lowest BCUT2D eigenvalue weighted by atomic mass is 10.3. The first-order valence-corrected chi connectivity index (χ1v) is 7.53. The minimum Gasteiger partial charge on any atom is -0.362 e. The van der Waals surface area contributed by atoms with E-state index in [9.17, 15) is 9.18 Å². The van der Waals surface area contributed by atoms with E-state index in [1.54, 1.807) is 17.7 Å². The molecule has 0 atom stereocenters. The maximum Gasteiger partial charge on any atom is 0.269 e. The minimum absolute atomic E-state index is 0.291. The highest BCUT2D eigenvalue weighted by molar-refractivity contribution is 7.17. The molecule has 0 fully saturated rings. The number of carbonyl (C=O) groups is 1. The number of benzene rings is 1. The molecule has 6 nitrogen and oxygen atoms in total. The van der Waals surface area contributed by atoms with E-state index >= 15 is 0 Å². The third-order valence-electron chi connectivity index (χ3n) is 3.13. The van der Waals surface area contributed by atoms with Crippen molar-refractivity contribution in [2.45, 2.75) is 6.92 Å². The molecular formula is C14H14FN5OS. The lowest BCUT2D eigenvalue weighted by Gasteiger charge is -2.03. The van der Waals surface area contributed by atoms with E-state index in [2.05, 4.69) is 20.6 Å². The van der Waals surface area contributed by atoms with Gasteiger partial charge in [0.2, 0.25) is 5.95 Å². The Bertz CT molecular complexity index is 841. The van der Waals surface area contributed by atoms with E-state index < -0.39 is 0 Å². The summed E-state index contributed by atoms with van der Waals surface area (Å²) in [5.74, 6) is -0.286. The van der Waals surface area contributed by atoms with Crippen LogP contribution < -0.4 is 10.6 Å². The summed E-state index contributed by atoms with van der Waals surface area (Å²) in [7, 11) is 1.76. The SMILES string of the molecule is CCNc1ncc(C(=O)Nc2nc3cc(F)ccc3n2C)s1. The average Bonchev–Trinajstić information content (AvgIpc) is 3.05. The Morgan fingerprint density at radius 3 is 3.05 bits per heavy atom. The standard InChI is InChI=1S/C14H14FN5OS/c1-3-16-14-17-7-11(22-14)12(21)19-13-18-9-6-8(15)4-5-10(9)20(13)2/h4-7H,3H2,1-2H3,(H,16,17)(H,18,19,21). The van der Waals surface area contributed by atoms with E-state index in [0.717, 1.165) is 12.1 Å². The summed E-state index contributed by atoms with van der Waals surface area (Å²) in [6.07, 6.45) is 1.51. The Morgan fingerprint density at radius 1 is 1.45 bits per heavy atom. The number of nitrogens with zero attached hydrogens (tertiary/aromatic N) is 3. The number of halogens is 1. The van der Waals surface area contributed by atoms with Crippen molar-refractivity contribution in [2.24, 2.45) is 7.05 Å². The van der Waals surface area contributed by atoms with Crippen LogP contribution in [0.5, 0.6) is 0 Å². The first-order valence-electron chi connectivity index (χ1n) is 6.71. The highest BCUT2D eigenvalue weighted by Gasteiger charge is 2.15. The van der Waals surface area contributed by atoms with Gasteiger partial charge in [-0.2, -0.15) is 0 Å². The largest absolute Gasteiger partial charge is 0.362 e. The summed E-state index contributed by atoms with van der Waals surface area (Å²) in [6.45, 7) is 2.70. The van der Waals surface area contributed by atoms with Gasteiger partial charge in [-0.05, 0) is 19.1 Å². The predicted octanol–water partition coefficient (Wildman–Crippen LogP) is 2.85. The molecule has 2 N–H and O–H groups in total. The van der Waals surface area contributed by atoms with Gasteiger partial charge in [0.15, 0.2) is 5.13 Å². The maximum atomic E-state index is 13.2. The number of aryl methyl sites for hydroxylation is 1. The van der Waals surface area contributed by atoms with Crippen molar-refractivity contribution in [3.05, 3.63) is 35.1 Å². The van der Waals surface area contributed by atoms with Crippen molar-refractivity contribution in [1.82, 2.24) is 14.5 Å². The van der Waals surface area contributed by atoms with Crippen LogP contribution in [0.2, 0.25) is 0 Å². The van der Waals surface area contributed by atoms with Gasteiger partial charge in [0.25, 0.3) is 5.91 Å². The van der Waals surface area contributed by atoms with Gasteiger partial charge in [0.05, 0.1) is 17.2 Å². The number of hydrogen-bond donors (Lipinski definition) is 2. The van der Waals surface area contributed by atoms with Crippen molar-refractivity contribution in [1.29, 1.82) is 0 Å². The lowest BCUT2D eigenvalue weighted by molar-refractivity contribution is 0.102. The van der Waals surface area contributed by atoms with Crippen molar-refractivity contribution in [3.8, 4) is 0 Å². The molecule has 3 aromatic rings. The number of thiazole rings is 1. The average molecular weight is 319 g/mol. The molecule has 1 aromatic carbocycles. The number of carbonyl (C=O) groups excluding carboxylic acids is 1. The molecule has 0 saturated heterocycles. The van der Waals surface area contributed by atoms with Crippen molar-refractivity contribution < 1.29 is 9.18 Å².